The zero-order valence-electron chi connectivity index (χ0n) is 15.5. The fourth-order valence-electron chi connectivity index (χ4n) is 3.02. The molecule has 0 spiro atoms. The largest absolute Gasteiger partial charge is 0.497 e. The number of carbonyl (C=O) groups is 2. The van der Waals surface area contributed by atoms with Gasteiger partial charge >= 0.3 is 0 Å². The van der Waals surface area contributed by atoms with Crippen LogP contribution in [0.1, 0.15) is 24.5 Å². The van der Waals surface area contributed by atoms with Gasteiger partial charge in [-0.25, -0.2) is 0 Å². The Labute approximate surface area is 163 Å². The Bertz CT molecular complexity index is 920. The molecule has 3 rings (SSSR count). The van der Waals surface area contributed by atoms with E-state index >= 15 is 0 Å². The lowest BCUT2D eigenvalue weighted by Gasteiger charge is -2.14. The van der Waals surface area contributed by atoms with Crippen LogP contribution in [0.5, 0.6) is 5.75 Å². The van der Waals surface area contributed by atoms with Crippen molar-refractivity contribution in [1.82, 2.24) is 4.90 Å². The number of amides is 2. The van der Waals surface area contributed by atoms with Crippen LogP contribution < -0.4 is 10.1 Å². The van der Waals surface area contributed by atoms with Crippen LogP contribution in [0.3, 0.4) is 0 Å². The number of carbonyl (C=O) groups excluding carboxylic acids is 2. The number of hydrogen-bond donors (Lipinski definition) is 1. The van der Waals surface area contributed by atoms with Crippen molar-refractivity contribution in [1.29, 1.82) is 0 Å². The summed E-state index contributed by atoms with van der Waals surface area (Å²) in [4.78, 5) is 27.2. The van der Waals surface area contributed by atoms with Gasteiger partial charge in [-0.3, -0.25) is 14.5 Å². The van der Waals surface area contributed by atoms with Gasteiger partial charge in [-0.15, -0.1) is 0 Å². The van der Waals surface area contributed by atoms with Crippen molar-refractivity contribution in [2.75, 3.05) is 19.0 Å². The number of nitrogens with one attached hydrogen (secondary N) is 1. The monoisotopic (exact) mass is 384 g/mol. The van der Waals surface area contributed by atoms with Crippen LogP contribution in [0.2, 0.25) is 5.02 Å². The van der Waals surface area contributed by atoms with E-state index in [1.54, 1.807) is 43.5 Å². The van der Waals surface area contributed by atoms with Gasteiger partial charge in [-0.05, 0) is 48.7 Å². The normalized spacial score (nSPS) is 14.1. The van der Waals surface area contributed by atoms with E-state index in [0.29, 0.717) is 40.6 Å². The lowest BCUT2D eigenvalue weighted by molar-refractivity contribution is -0.136. The molecule has 27 heavy (non-hydrogen) atoms. The highest BCUT2D eigenvalue weighted by atomic mass is 35.5. The first-order valence-corrected chi connectivity index (χ1v) is 9.12. The SMILES string of the molecule is CCCN1C(=O)C(Nc2cccc(Cl)c2C)=C(c2ccc(OC)cc2)C1=O. The van der Waals surface area contributed by atoms with Crippen molar-refractivity contribution in [2.45, 2.75) is 20.3 Å². The van der Waals surface area contributed by atoms with Gasteiger partial charge in [0, 0.05) is 17.3 Å². The third-order valence-corrected chi connectivity index (χ3v) is 4.93. The molecule has 1 aliphatic heterocycles. The number of halogens is 1. The van der Waals surface area contributed by atoms with E-state index in [1.165, 1.54) is 4.90 Å². The predicted octanol–water partition coefficient (Wildman–Crippen LogP) is 4.26. The molecule has 5 nitrogen and oxygen atoms in total. The molecule has 1 aliphatic rings. The van der Waals surface area contributed by atoms with Crippen LogP contribution in [0.25, 0.3) is 5.57 Å². The van der Waals surface area contributed by atoms with Crippen LogP contribution in [0, 0.1) is 6.92 Å². The molecule has 0 unspecified atom stereocenters. The standard InChI is InChI=1S/C21H21ClN2O3/c1-4-12-24-20(25)18(14-8-10-15(27-3)11-9-14)19(21(24)26)23-17-7-5-6-16(22)13(17)2/h5-11,23H,4,12H2,1-3H3. The molecule has 0 saturated carbocycles. The van der Waals surface area contributed by atoms with E-state index < -0.39 is 0 Å². The van der Waals surface area contributed by atoms with E-state index in [0.717, 1.165) is 5.56 Å². The molecular weight excluding hydrogens is 364 g/mol. The molecule has 2 aromatic carbocycles. The summed E-state index contributed by atoms with van der Waals surface area (Å²) in [6, 6.07) is 12.5. The molecule has 0 aliphatic carbocycles. The summed E-state index contributed by atoms with van der Waals surface area (Å²) in [7, 11) is 1.58. The minimum absolute atomic E-state index is 0.268. The summed E-state index contributed by atoms with van der Waals surface area (Å²) >= 11 is 6.20. The van der Waals surface area contributed by atoms with Gasteiger partial charge in [-0.2, -0.15) is 0 Å². The minimum atomic E-state index is -0.327. The molecule has 6 heteroatoms. The first-order chi connectivity index (χ1) is 13.0. The number of methoxy groups -OCH3 is 1. The van der Waals surface area contributed by atoms with E-state index in [-0.39, 0.29) is 17.5 Å². The van der Waals surface area contributed by atoms with Gasteiger partial charge in [-0.1, -0.05) is 36.7 Å². The summed E-state index contributed by atoms with van der Waals surface area (Å²) in [5.41, 5.74) is 2.80. The highest BCUT2D eigenvalue weighted by molar-refractivity contribution is 6.36. The van der Waals surface area contributed by atoms with E-state index in [9.17, 15) is 9.59 Å². The Morgan fingerprint density at radius 3 is 2.41 bits per heavy atom. The molecule has 140 valence electrons. The molecule has 0 aromatic heterocycles. The second-order valence-corrected chi connectivity index (χ2v) is 6.69. The molecule has 1 N–H and O–H groups in total. The predicted molar refractivity (Wildman–Crippen MR) is 107 cm³/mol. The van der Waals surface area contributed by atoms with Crippen molar-refractivity contribution in [3.63, 3.8) is 0 Å². The first kappa shape index (κ1) is 19.0. The molecular formula is C21H21ClN2O3. The molecule has 0 atom stereocenters. The number of hydrogen-bond acceptors (Lipinski definition) is 4. The van der Waals surface area contributed by atoms with Gasteiger partial charge in [0.1, 0.15) is 11.4 Å². The second-order valence-electron chi connectivity index (χ2n) is 6.28. The summed E-state index contributed by atoms with van der Waals surface area (Å²) in [6.07, 6.45) is 0.691. The Morgan fingerprint density at radius 2 is 1.78 bits per heavy atom. The van der Waals surface area contributed by atoms with E-state index in [4.69, 9.17) is 16.3 Å². The van der Waals surface area contributed by atoms with Crippen LogP contribution >= 0.6 is 11.6 Å². The van der Waals surface area contributed by atoms with Gasteiger partial charge in [0.2, 0.25) is 0 Å². The van der Waals surface area contributed by atoms with Crippen molar-refractivity contribution in [3.05, 3.63) is 64.3 Å². The number of anilines is 1. The maximum absolute atomic E-state index is 13.0. The molecule has 0 saturated heterocycles. The van der Waals surface area contributed by atoms with Crippen LogP contribution in [-0.4, -0.2) is 30.4 Å². The van der Waals surface area contributed by atoms with Crippen molar-refractivity contribution < 1.29 is 14.3 Å². The van der Waals surface area contributed by atoms with Crippen molar-refractivity contribution in [2.24, 2.45) is 0 Å². The third-order valence-electron chi connectivity index (χ3n) is 4.52. The quantitative estimate of drug-likeness (QED) is 0.756. The van der Waals surface area contributed by atoms with Crippen molar-refractivity contribution in [3.8, 4) is 5.75 Å². The van der Waals surface area contributed by atoms with Gasteiger partial charge in [0.25, 0.3) is 11.8 Å². The van der Waals surface area contributed by atoms with Gasteiger partial charge < -0.3 is 10.1 Å². The zero-order valence-corrected chi connectivity index (χ0v) is 16.3. The summed E-state index contributed by atoms with van der Waals surface area (Å²) < 4.78 is 5.18. The zero-order chi connectivity index (χ0) is 19.6. The maximum Gasteiger partial charge on any atom is 0.278 e. The molecule has 2 aromatic rings. The van der Waals surface area contributed by atoms with Gasteiger partial charge in [0.15, 0.2) is 0 Å². The molecule has 2 amide bonds. The Hall–Kier alpha value is -2.79. The highest BCUT2D eigenvalue weighted by Crippen LogP contribution is 2.33. The number of benzene rings is 2. The van der Waals surface area contributed by atoms with Crippen molar-refractivity contribution >= 4 is 34.7 Å². The molecule has 0 fully saturated rings. The van der Waals surface area contributed by atoms with Gasteiger partial charge in [0.05, 0.1) is 12.7 Å². The molecule has 0 bridgehead atoms. The highest BCUT2D eigenvalue weighted by Gasteiger charge is 2.38. The Morgan fingerprint density at radius 1 is 1.07 bits per heavy atom. The number of imide groups is 1. The average Bonchev–Trinajstić information content (AvgIpc) is 2.90. The lowest BCUT2D eigenvalue weighted by Crippen LogP contribution is -2.33. The van der Waals surface area contributed by atoms with Crippen LogP contribution in [0.4, 0.5) is 5.69 Å². The Kier molecular flexibility index (Phi) is 5.51. The molecule has 1 heterocycles. The summed E-state index contributed by atoms with van der Waals surface area (Å²) in [5.74, 6) is 0.0583. The average molecular weight is 385 g/mol. The lowest BCUT2D eigenvalue weighted by atomic mass is 10.0. The first-order valence-electron chi connectivity index (χ1n) is 8.75. The topological polar surface area (TPSA) is 58.6 Å². The summed E-state index contributed by atoms with van der Waals surface area (Å²) in [5, 5.41) is 3.74. The fourth-order valence-corrected chi connectivity index (χ4v) is 3.20. The summed E-state index contributed by atoms with van der Waals surface area (Å²) in [6.45, 7) is 4.17. The van der Waals surface area contributed by atoms with E-state index in [1.807, 2.05) is 19.9 Å². The van der Waals surface area contributed by atoms with Crippen LogP contribution in [-0.2, 0) is 9.59 Å². The maximum atomic E-state index is 13.0. The minimum Gasteiger partial charge on any atom is -0.497 e. The Balaban J connectivity index is 2.09. The molecule has 0 radical (unpaired) electrons. The number of nitrogens with zero attached hydrogens (tertiary/aromatic N) is 1. The number of rotatable bonds is 6. The van der Waals surface area contributed by atoms with E-state index in [2.05, 4.69) is 5.32 Å². The second kappa shape index (κ2) is 7.84. The third kappa shape index (κ3) is 3.55. The number of ether oxygens (including phenoxy) is 1. The van der Waals surface area contributed by atoms with Crippen LogP contribution in [0.15, 0.2) is 48.2 Å². The smallest absolute Gasteiger partial charge is 0.278 e. The fraction of sp³-hybridized carbons (Fsp3) is 0.238.